The summed E-state index contributed by atoms with van der Waals surface area (Å²) in [4.78, 5) is 0. The number of hydrogen-bond donors (Lipinski definition) is 1. The lowest BCUT2D eigenvalue weighted by molar-refractivity contribution is 0.297. The summed E-state index contributed by atoms with van der Waals surface area (Å²) in [5, 5.41) is 8.69. The van der Waals surface area contributed by atoms with Crippen LogP contribution in [0.4, 0.5) is 8.78 Å². The van der Waals surface area contributed by atoms with Crippen LogP contribution in [0.3, 0.4) is 0 Å². The van der Waals surface area contributed by atoms with Crippen LogP contribution < -0.4 is 4.74 Å². The van der Waals surface area contributed by atoms with E-state index in [2.05, 4.69) is 11.8 Å². The Morgan fingerprint density at radius 3 is 2.76 bits per heavy atom. The van der Waals surface area contributed by atoms with Crippen molar-refractivity contribution in [3.63, 3.8) is 0 Å². The van der Waals surface area contributed by atoms with Crippen molar-refractivity contribution in [2.75, 3.05) is 6.61 Å². The smallest absolute Gasteiger partial charge is 0.148 e. The second-order valence-corrected chi connectivity index (χ2v) is 4.51. The van der Waals surface area contributed by atoms with Gasteiger partial charge in [-0.1, -0.05) is 35.6 Å². The number of aliphatic hydroxyl groups excluding tert-OH is 1. The summed E-state index contributed by atoms with van der Waals surface area (Å²) in [6.07, 6.45) is 0. The molecule has 1 N–H and O–H groups in total. The standard InChI is InChI=1S/C16H11ClF2O2/c17-14-5-1-3-12(16(14)19)10-21-15-9-13(18)7-6-11(15)4-2-8-20/h1,3,5-7,9,20H,8,10H2. The van der Waals surface area contributed by atoms with Gasteiger partial charge in [-0.2, -0.15) is 0 Å². The maximum atomic E-state index is 13.7. The largest absolute Gasteiger partial charge is 0.487 e. The van der Waals surface area contributed by atoms with Crippen LogP contribution in [0.15, 0.2) is 36.4 Å². The molecule has 0 aromatic heterocycles. The van der Waals surface area contributed by atoms with Gasteiger partial charge in [-0.3, -0.25) is 0 Å². The van der Waals surface area contributed by atoms with Crippen LogP contribution in [0.5, 0.6) is 5.75 Å². The van der Waals surface area contributed by atoms with Crippen molar-refractivity contribution in [1.82, 2.24) is 0 Å². The Morgan fingerprint density at radius 1 is 1.19 bits per heavy atom. The van der Waals surface area contributed by atoms with Crippen LogP contribution in [-0.4, -0.2) is 11.7 Å². The molecule has 0 bridgehead atoms. The van der Waals surface area contributed by atoms with Gasteiger partial charge in [0.2, 0.25) is 0 Å². The van der Waals surface area contributed by atoms with Gasteiger partial charge in [-0.05, 0) is 18.2 Å². The molecule has 108 valence electrons. The molecule has 0 spiro atoms. The minimum Gasteiger partial charge on any atom is -0.487 e. The van der Waals surface area contributed by atoms with Gasteiger partial charge >= 0.3 is 0 Å². The maximum Gasteiger partial charge on any atom is 0.148 e. The van der Waals surface area contributed by atoms with Gasteiger partial charge in [-0.25, -0.2) is 8.78 Å². The first-order valence-electron chi connectivity index (χ1n) is 6.07. The number of rotatable bonds is 3. The highest BCUT2D eigenvalue weighted by Crippen LogP contribution is 2.23. The molecule has 0 heterocycles. The minimum atomic E-state index is -0.571. The van der Waals surface area contributed by atoms with E-state index in [-0.39, 0.29) is 29.5 Å². The lowest BCUT2D eigenvalue weighted by Crippen LogP contribution is -2.00. The molecule has 2 aromatic carbocycles. The van der Waals surface area contributed by atoms with Gasteiger partial charge in [0, 0.05) is 11.6 Å². The number of halogens is 3. The fourth-order valence-corrected chi connectivity index (χ4v) is 1.86. The molecule has 2 aromatic rings. The van der Waals surface area contributed by atoms with E-state index >= 15 is 0 Å². The van der Waals surface area contributed by atoms with E-state index in [9.17, 15) is 8.78 Å². The van der Waals surface area contributed by atoms with Crippen molar-refractivity contribution >= 4 is 11.6 Å². The fraction of sp³-hybridized carbons (Fsp3) is 0.125. The Hall–Kier alpha value is -2.09. The third-order valence-electron chi connectivity index (χ3n) is 2.66. The molecule has 0 saturated carbocycles. The Balaban J connectivity index is 2.23. The highest BCUT2D eigenvalue weighted by molar-refractivity contribution is 6.30. The van der Waals surface area contributed by atoms with Crippen LogP contribution in [-0.2, 0) is 6.61 Å². The van der Waals surface area contributed by atoms with Gasteiger partial charge in [0.1, 0.15) is 30.6 Å². The second kappa shape index (κ2) is 7.07. The first-order chi connectivity index (χ1) is 10.1. The lowest BCUT2D eigenvalue weighted by atomic mass is 10.2. The van der Waals surface area contributed by atoms with Crippen molar-refractivity contribution in [3.8, 4) is 17.6 Å². The average molecular weight is 309 g/mol. The molecule has 2 nitrogen and oxygen atoms in total. The molecule has 0 fully saturated rings. The van der Waals surface area contributed by atoms with Crippen LogP contribution in [0.2, 0.25) is 5.02 Å². The monoisotopic (exact) mass is 308 g/mol. The minimum absolute atomic E-state index is 0.00404. The molecule has 0 aliphatic heterocycles. The molecule has 0 atom stereocenters. The summed E-state index contributed by atoms with van der Waals surface area (Å²) < 4.78 is 32.4. The van der Waals surface area contributed by atoms with Gasteiger partial charge < -0.3 is 9.84 Å². The van der Waals surface area contributed by atoms with Crippen molar-refractivity contribution in [2.45, 2.75) is 6.61 Å². The first-order valence-corrected chi connectivity index (χ1v) is 6.44. The summed E-state index contributed by atoms with van der Waals surface area (Å²) in [6.45, 7) is -0.427. The third-order valence-corrected chi connectivity index (χ3v) is 2.95. The molecule has 21 heavy (non-hydrogen) atoms. The van der Waals surface area contributed by atoms with E-state index < -0.39 is 11.6 Å². The van der Waals surface area contributed by atoms with Gasteiger partial charge in [0.15, 0.2) is 0 Å². The maximum absolute atomic E-state index is 13.7. The molecule has 0 saturated heterocycles. The van der Waals surface area contributed by atoms with Gasteiger partial charge in [0.25, 0.3) is 0 Å². The molecular weight excluding hydrogens is 298 g/mol. The van der Waals surface area contributed by atoms with Crippen molar-refractivity contribution < 1.29 is 18.6 Å². The highest BCUT2D eigenvalue weighted by atomic mass is 35.5. The van der Waals surface area contributed by atoms with Crippen molar-refractivity contribution in [2.24, 2.45) is 0 Å². The molecular formula is C16H11ClF2O2. The van der Waals surface area contributed by atoms with E-state index in [1.165, 1.54) is 24.3 Å². The van der Waals surface area contributed by atoms with Crippen molar-refractivity contribution in [3.05, 3.63) is 64.2 Å². The number of hydrogen-bond acceptors (Lipinski definition) is 2. The van der Waals surface area contributed by atoms with Crippen molar-refractivity contribution in [1.29, 1.82) is 0 Å². The van der Waals surface area contributed by atoms with Crippen LogP contribution in [0.1, 0.15) is 11.1 Å². The molecule has 0 unspecified atom stereocenters. The predicted octanol–water partition coefficient (Wildman–Crippen LogP) is 3.54. The van der Waals surface area contributed by atoms with E-state index in [1.807, 2.05) is 0 Å². The van der Waals surface area contributed by atoms with Gasteiger partial charge in [-0.15, -0.1) is 0 Å². The number of ether oxygens (including phenoxy) is 1. The second-order valence-electron chi connectivity index (χ2n) is 4.10. The Morgan fingerprint density at radius 2 is 2.00 bits per heavy atom. The van der Waals surface area contributed by atoms with Crippen LogP contribution in [0, 0.1) is 23.5 Å². The zero-order valence-corrected chi connectivity index (χ0v) is 11.6. The Bertz CT molecular complexity index is 705. The third kappa shape index (κ3) is 3.94. The quantitative estimate of drug-likeness (QED) is 0.879. The Labute approximate surface area is 125 Å². The molecule has 0 radical (unpaired) electrons. The first kappa shape index (κ1) is 15.3. The zero-order chi connectivity index (χ0) is 15.2. The molecule has 0 amide bonds. The molecule has 0 aliphatic carbocycles. The van der Waals surface area contributed by atoms with Crippen LogP contribution in [0.25, 0.3) is 0 Å². The van der Waals surface area contributed by atoms with E-state index in [4.69, 9.17) is 21.4 Å². The predicted molar refractivity (Wildman–Crippen MR) is 76.1 cm³/mol. The SMILES string of the molecule is OCC#Cc1ccc(F)cc1OCc1cccc(Cl)c1F. The van der Waals surface area contributed by atoms with E-state index in [0.29, 0.717) is 5.56 Å². The molecule has 5 heteroatoms. The summed E-state index contributed by atoms with van der Waals surface area (Å²) in [7, 11) is 0. The average Bonchev–Trinajstić information content (AvgIpc) is 2.48. The summed E-state index contributed by atoms with van der Waals surface area (Å²) >= 11 is 5.68. The molecule has 0 aliphatic rings. The van der Waals surface area contributed by atoms with Gasteiger partial charge in [0.05, 0.1) is 10.6 Å². The summed E-state index contributed by atoms with van der Waals surface area (Å²) in [6, 6.07) is 8.38. The van der Waals surface area contributed by atoms with Crippen LogP contribution >= 0.6 is 11.6 Å². The Kier molecular flexibility index (Phi) is 5.15. The highest BCUT2D eigenvalue weighted by Gasteiger charge is 2.09. The zero-order valence-electron chi connectivity index (χ0n) is 10.9. The fourth-order valence-electron chi connectivity index (χ4n) is 1.67. The topological polar surface area (TPSA) is 29.5 Å². The number of benzene rings is 2. The summed E-state index contributed by atoms with van der Waals surface area (Å²) in [5.74, 6) is 4.20. The summed E-state index contributed by atoms with van der Waals surface area (Å²) in [5.41, 5.74) is 0.667. The van der Waals surface area contributed by atoms with E-state index in [1.54, 1.807) is 6.07 Å². The number of aliphatic hydroxyl groups is 1. The van der Waals surface area contributed by atoms with E-state index in [0.717, 1.165) is 6.07 Å². The lowest BCUT2D eigenvalue weighted by Gasteiger charge is -2.10. The molecule has 2 rings (SSSR count). The normalized spacial score (nSPS) is 9.90.